The van der Waals surface area contributed by atoms with Crippen LogP contribution in [0, 0.1) is 0 Å². The molecule has 0 saturated carbocycles. The minimum Gasteiger partial charge on any atom is -0.501 e. The van der Waals surface area contributed by atoms with Gasteiger partial charge in [0.2, 0.25) is 5.75 Å². The van der Waals surface area contributed by atoms with Crippen molar-refractivity contribution in [1.82, 2.24) is 14.5 Å². The lowest BCUT2D eigenvalue weighted by Gasteiger charge is -2.25. The van der Waals surface area contributed by atoms with Crippen LogP contribution in [0.4, 0.5) is 0 Å². The Hall–Kier alpha value is -1.89. The van der Waals surface area contributed by atoms with Gasteiger partial charge in [-0.25, -0.2) is 4.98 Å². The predicted molar refractivity (Wildman–Crippen MR) is 55.0 cm³/mol. The summed E-state index contributed by atoms with van der Waals surface area (Å²) in [6.07, 6.45) is 0. The number of carbonyl (C=O) groups excluding carboxylic acids is 1. The average molecular weight is 224 g/mol. The molecule has 1 amide bonds. The van der Waals surface area contributed by atoms with Gasteiger partial charge in [0, 0.05) is 13.1 Å². The lowest BCUT2D eigenvalue weighted by molar-refractivity contribution is 0.0990. The van der Waals surface area contributed by atoms with Crippen molar-refractivity contribution in [2.24, 2.45) is 5.73 Å². The van der Waals surface area contributed by atoms with Crippen LogP contribution in [0.5, 0.6) is 5.75 Å². The highest BCUT2D eigenvalue weighted by Crippen LogP contribution is 2.12. The largest absolute Gasteiger partial charge is 0.501 e. The minimum atomic E-state index is -0.897. The molecule has 0 spiro atoms. The summed E-state index contributed by atoms with van der Waals surface area (Å²) in [6.45, 7) is 1.60. The number of likely N-dealkylation sites (N-methyl/N-ethyl adjacent to an activating group) is 1. The van der Waals surface area contributed by atoms with Crippen LogP contribution in [0.1, 0.15) is 16.3 Å². The molecule has 1 aromatic heterocycles. The Kier molecular flexibility index (Phi) is 2.39. The molecule has 0 bridgehead atoms. The molecular formula is C9H12N4O3. The molecule has 2 heterocycles. The molecule has 3 N–H and O–H groups in total. The maximum absolute atomic E-state index is 11.7. The lowest BCUT2D eigenvalue weighted by atomic mass is 10.3. The van der Waals surface area contributed by atoms with Crippen molar-refractivity contribution in [1.29, 1.82) is 0 Å². The first kappa shape index (κ1) is 10.6. The SMILES string of the molecule is CN1CCn2c(nc(C(N)=O)c(O)c2=O)C1. The van der Waals surface area contributed by atoms with E-state index in [-0.39, 0.29) is 5.69 Å². The fraction of sp³-hybridized carbons (Fsp3) is 0.444. The number of primary amides is 1. The summed E-state index contributed by atoms with van der Waals surface area (Å²) < 4.78 is 1.36. The van der Waals surface area contributed by atoms with Gasteiger partial charge in [0.1, 0.15) is 5.82 Å². The molecule has 0 atom stereocenters. The predicted octanol–water partition coefficient (Wildman–Crippen LogP) is -1.51. The number of fused-ring (bicyclic) bond motifs is 1. The van der Waals surface area contributed by atoms with Crippen LogP contribution in [-0.4, -0.2) is 39.1 Å². The maximum atomic E-state index is 11.7. The van der Waals surface area contributed by atoms with Gasteiger partial charge in [-0.3, -0.25) is 19.1 Å². The first-order chi connectivity index (χ1) is 7.50. The van der Waals surface area contributed by atoms with E-state index in [1.807, 2.05) is 11.9 Å². The Bertz CT molecular complexity index is 508. The fourth-order valence-corrected chi connectivity index (χ4v) is 1.70. The van der Waals surface area contributed by atoms with E-state index in [4.69, 9.17) is 5.73 Å². The number of nitrogens with zero attached hydrogens (tertiary/aromatic N) is 3. The van der Waals surface area contributed by atoms with Crippen LogP contribution in [0.2, 0.25) is 0 Å². The second-order valence-corrected chi connectivity index (χ2v) is 3.78. The monoisotopic (exact) mass is 224 g/mol. The van der Waals surface area contributed by atoms with Gasteiger partial charge in [0.15, 0.2) is 5.69 Å². The van der Waals surface area contributed by atoms with Gasteiger partial charge < -0.3 is 10.8 Å². The summed E-state index contributed by atoms with van der Waals surface area (Å²) in [7, 11) is 1.88. The van der Waals surface area contributed by atoms with Crippen LogP contribution in [0.15, 0.2) is 4.79 Å². The molecule has 7 heteroatoms. The molecular weight excluding hydrogens is 212 g/mol. The number of aromatic nitrogens is 2. The average Bonchev–Trinajstić information content (AvgIpc) is 2.22. The molecule has 1 aliphatic heterocycles. The third-order valence-electron chi connectivity index (χ3n) is 2.57. The van der Waals surface area contributed by atoms with E-state index >= 15 is 0 Å². The van der Waals surface area contributed by atoms with Crippen molar-refractivity contribution < 1.29 is 9.90 Å². The van der Waals surface area contributed by atoms with Crippen LogP contribution >= 0.6 is 0 Å². The highest BCUT2D eigenvalue weighted by Gasteiger charge is 2.22. The third kappa shape index (κ3) is 1.54. The zero-order valence-corrected chi connectivity index (χ0v) is 8.80. The Morgan fingerprint density at radius 3 is 2.81 bits per heavy atom. The topological polar surface area (TPSA) is 101 Å². The molecule has 0 radical (unpaired) electrons. The van der Waals surface area contributed by atoms with Crippen molar-refractivity contribution in [2.75, 3.05) is 13.6 Å². The van der Waals surface area contributed by atoms with Crippen LogP contribution in [0.3, 0.4) is 0 Å². The number of nitrogens with two attached hydrogens (primary N) is 1. The molecule has 1 aliphatic rings. The second-order valence-electron chi connectivity index (χ2n) is 3.78. The fourth-order valence-electron chi connectivity index (χ4n) is 1.70. The summed E-state index contributed by atoms with van der Waals surface area (Å²) in [6, 6.07) is 0. The first-order valence-corrected chi connectivity index (χ1v) is 4.81. The summed E-state index contributed by atoms with van der Waals surface area (Å²) in [5, 5.41) is 9.48. The van der Waals surface area contributed by atoms with Crippen molar-refractivity contribution in [3.05, 3.63) is 21.9 Å². The zero-order chi connectivity index (χ0) is 11.9. The maximum Gasteiger partial charge on any atom is 0.296 e. The standard InChI is InChI=1S/C9H12N4O3/c1-12-2-3-13-5(4-12)11-6(8(10)15)7(14)9(13)16/h14H,2-4H2,1H3,(H2,10,15). The third-order valence-corrected chi connectivity index (χ3v) is 2.57. The molecule has 0 aliphatic carbocycles. The normalized spacial score (nSPS) is 15.8. The highest BCUT2D eigenvalue weighted by atomic mass is 16.3. The molecule has 0 unspecified atom stereocenters. The van der Waals surface area contributed by atoms with E-state index in [1.165, 1.54) is 4.57 Å². The Labute approximate surface area is 91.1 Å². The molecule has 2 rings (SSSR count). The van der Waals surface area contributed by atoms with Gasteiger partial charge in [-0.15, -0.1) is 0 Å². The van der Waals surface area contributed by atoms with Gasteiger partial charge in [-0.05, 0) is 7.05 Å². The Morgan fingerprint density at radius 2 is 2.19 bits per heavy atom. The van der Waals surface area contributed by atoms with E-state index in [2.05, 4.69) is 4.98 Å². The summed E-state index contributed by atoms with van der Waals surface area (Å²) in [5.74, 6) is -1.11. The van der Waals surface area contributed by atoms with Gasteiger partial charge in [-0.2, -0.15) is 0 Å². The number of amides is 1. The van der Waals surface area contributed by atoms with Crippen molar-refractivity contribution in [3.63, 3.8) is 0 Å². The van der Waals surface area contributed by atoms with Crippen LogP contribution < -0.4 is 11.3 Å². The number of hydrogen-bond acceptors (Lipinski definition) is 5. The summed E-state index contributed by atoms with van der Waals surface area (Å²) >= 11 is 0. The number of hydrogen-bond donors (Lipinski definition) is 2. The summed E-state index contributed by atoms with van der Waals surface area (Å²) in [5.41, 5.74) is 4.07. The van der Waals surface area contributed by atoms with Crippen molar-refractivity contribution >= 4 is 5.91 Å². The Morgan fingerprint density at radius 1 is 1.50 bits per heavy atom. The quantitative estimate of drug-likeness (QED) is 0.604. The van der Waals surface area contributed by atoms with E-state index in [0.717, 1.165) is 0 Å². The summed E-state index contributed by atoms with van der Waals surface area (Å²) in [4.78, 5) is 28.6. The molecule has 0 fully saturated rings. The molecule has 16 heavy (non-hydrogen) atoms. The molecule has 0 saturated heterocycles. The molecule has 86 valence electrons. The highest BCUT2D eigenvalue weighted by molar-refractivity contribution is 5.93. The van der Waals surface area contributed by atoms with Gasteiger partial charge >= 0.3 is 0 Å². The van der Waals surface area contributed by atoms with Crippen molar-refractivity contribution in [2.45, 2.75) is 13.1 Å². The van der Waals surface area contributed by atoms with Gasteiger partial charge in [0.25, 0.3) is 11.5 Å². The second kappa shape index (κ2) is 3.60. The van der Waals surface area contributed by atoms with Crippen LogP contribution in [-0.2, 0) is 13.1 Å². The number of carbonyl (C=O) groups is 1. The lowest BCUT2D eigenvalue weighted by Crippen LogP contribution is -2.39. The van der Waals surface area contributed by atoms with Crippen LogP contribution in [0.25, 0.3) is 0 Å². The Balaban J connectivity index is 2.64. The van der Waals surface area contributed by atoms with Crippen molar-refractivity contribution in [3.8, 4) is 5.75 Å². The number of rotatable bonds is 1. The van der Waals surface area contributed by atoms with Gasteiger partial charge in [-0.1, -0.05) is 0 Å². The zero-order valence-electron chi connectivity index (χ0n) is 8.80. The smallest absolute Gasteiger partial charge is 0.296 e. The molecule has 0 aromatic carbocycles. The first-order valence-electron chi connectivity index (χ1n) is 4.81. The van der Waals surface area contributed by atoms with Gasteiger partial charge in [0.05, 0.1) is 6.54 Å². The number of aromatic hydroxyl groups is 1. The molecule has 1 aromatic rings. The van der Waals surface area contributed by atoms with E-state index in [9.17, 15) is 14.7 Å². The van der Waals surface area contributed by atoms with E-state index in [0.29, 0.717) is 25.5 Å². The molecule has 7 nitrogen and oxygen atoms in total. The minimum absolute atomic E-state index is 0.355. The van der Waals surface area contributed by atoms with E-state index < -0.39 is 17.2 Å². The van der Waals surface area contributed by atoms with E-state index in [1.54, 1.807) is 0 Å².